The number of likely N-dealkylation sites (tertiary alicyclic amines) is 1. The molecule has 6 heteroatoms. The summed E-state index contributed by atoms with van der Waals surface area (Å²) in [5.41, 5.74) is 2.07. The fraction of sp³-hybridized carbons (Fsp3) is 0.556. The Morgan fingerprint density at radius 1 is 1.38 bits per heavy atom. The van der Waals surface area contributed by atoms with E-state index in [1.807, 2.05) is 13.1 Å². The molecule has 1 fully saturated rings. The highest BCUT2D eigenvalue weighted by molar-refractivity contribution is 5.99. The summed E-state index contributed by atoms with van der Waals surface area (Å²) in [4.78, 5) is 15.1. The van der Waals surface area contributed by atoms with Gasteiger partial charge < -0.3 is 14.6 Å². The molecule has 0 spiro atoms. The van der Waals surface area contributed by atoms with E-state index in [0.717, 1.165) is 12.1 Å². The van der Waals surface area contributed by atoms with Crippen molar-refractivity contribution in [3.8, 4) is 11.3 Å². The number of furan rings is 1. The molecular weight excluding hydrogens is 304 g/mol. The molecule has 1 aliphatic rings. The Labute approximate surface area is 142 Å². The van der Waals surface area contributed by atoms with Crippen LogP contribution >= 0.6 is 0 Å². The fourth-order valence-electron chi connectivity index (χ4n) is 3.28. The van der Waals surface area contributed by atoms with Crippen molar-refractivity contribution in [1.82, 2.24) is 20.0 Å². The maximum atomic E-state index is 12.6. The molecule has 0 aliphatic carbocycles. The molecule has 130 valence electrons. The van der Waals surface area contributed by atoms with Crippen molar-refractivity contribution < 1.29 is 9.21 Å². The summed E-state index contributed by atoms with van der Waals surface area (Å²) in [5, 5.41) is 7.44. The van der Waals surface area contributed by atoms with E-state index >= 15 is 0 Å². The average Bonchev–Trinajstić information content (AvgIpc) is 3.22. The van der Waals surface area contributed by atoms with Crippen molar-refractivity contribution >= 4 is 5.91 Å². The molecule has 0 bridgehead atoms. The van der Waals surface area contributed by atoms with Gasteiger partial charge in [0.1, 0.15) is 5.69 Å². The molecule has 2 aromatic heterocycles. The lowest BCUT2D eigenvalue weighted by molar-refractivity contribution is 0.0943. The van der Waals surface area contributed by atoms with Gasteiger partial charge in [0.05, 0.1) is 18.1 Å². The van der Waals surface area contributed by atoms with Gasteiger partial charge in [0.15, 0.2) is 0 Å². The molecule has 1 aliphatic heterocycles. The topological polar surface area (TPSA) is 63.3 Å². The van der Waals surface area contributed by atoms with E-state index in [4.69, 9.17) is 4.42 Å². The second kappa shape index (κ2) is 7.66. The van der Waals surface area contributed by atoms with Crippen molar-refractivity contribution in [2.45, 2.75) is 26.2 Å². The van der Waals surface area contributed by atoms with Crippen LogP contribution in [0.5, 0.6) is 0 Å². The highest BCUT2D eigenvalue weighted by atomic mass is 16.3. The number of carbonyl (C=O) groups excluding carboxylic acids is 1. The maximum absolute atomic E-state index is 12.6. The van der Waals surface area contributed by atoms with Crippen molar-refractivity contribution in [2.24, 2.45) is 13.0 Å². The van der Waals surface area contributed by atoms with Crippen molar-refractivity contribution in [3.05, 3.63) is 30.4 Å². The lowest BCUT2D eigenvalue weighted by Gasteiger charge is -2.29. The largest absolute Gasteiger partial charge is 0.472 e. The number of nitrogens with zero attached hydrogens (tertiary/aromatic N) is 3. The Balaban J connectivity index is 1.57. The first-order valence-corrected chi connectivity index (χ1v) is 8.70. The Kier molecular flexibility index (Phi) is 5.35. The van der Waals surface area contributed by atoms with Crippen LogP contribution in [0.15, 0.2) is 29.2 Å². The molecule has 24 heavy (non-hydrogen) atoms. The van der Waals surface area contributed by atoms with Crippen molar-refractivity contribution in [3.63, 3.8) is 0 Å². The molecule has 2 aromatic rings. The van der Waals surface area contributed by atoms with Gasteiger partial charge in [0.2, 0.25) is 0 Å². The second-order valence-corrected chi connectivity index (χ2v) is 6.75. The number of nitrogens with one attached hydrogen (secondary N) is 1. The van der Waals surface area contributed by atoms with E-state index in [-0.39, 0.29) is 5.91 Å². The second-order valence-electron chi connectivity index (χ2n) is 6.75. The lowest BCUT2D eigenvalue weighted by atomic mass is 10.1. The van der Waals surface area contributed by atoms with Gasteiger partial charge in [0.25, 0.3) is 5.91 Å². The summed E-state index contributed by atoms with van der Waals surface area (Å²) >= 11 is 0. The van der Waals surface area contributed by atoms with Crippen LogP contribution < -0.4 is 5.32 Å². The van der Waals surface area contributed by atoms with Crippen LogP contribution in [0.25, 0.3) is 11.3 Å². The summed E-state index contributed by atoms with van der Waals surface area (Å²) in [6.07, 6.45) is 8.89. The highest BCUT2D eigenvalue weighted by Gasteiger charge is 2.19. The van der Waals surface area contributed by atoms with E-state index in [9.17, 15) is 4.79 Å². The molecule has 1 unspecified atom stereocenters. The van der Waals surface area contributed by atoms with E-state index in [1.165, 1.54) is 32.4 Å². The zero-order valence-corrected chi connectivity index (χ0v) is 14.5. The quantitative estimate of drug-likeness (QED) is 0.884. The number of rotatable bonds is 6. The zero-order valence-electron chi connectivity index (χ0n) is 14.5. The minimum Gasteiger partial charge on any atom is -0.472 e. The smallest absolute Gasteiger partial charge is 0.255 e. The number of aryl methyl sites for hydroxylation is 1. The molecular formula is C18H26N4O2. The lowest BCUT2D eigenvalue weighted by Crippen LogP contribution is -2.38. The minimum atomic E-state index is -0.0789. The number of amides is 1. The van der Waals surface area contributed by atoms with E-state index < -0.39 is 0 Å². The van der Waals surface area contributed by atoms with Gasteiger partial charge in [0, 0.05) is 31.9 Å². The van der Waals surface area contributed by atoms with E-state index in [2.05, 4.69) is 22.2 Å². The third-order valence-electron chi connectivity index (χ3n) is 4.50. The van der Waals surface area contributed by atoms with Crippen LogP contribution in [0.4, 0.5) is 0 Å². The van der Waals surface area contributed by atoms with Gasteiger partial charge in [-0.25, -0.2) is 0 Å². The standard InChI is InChI=1S/C18H26N4O2/c1-14(11-22-7-4-3-5-8-22)10-19-18(23)16-12-21(2)20-17(16)15-6-9-24-13-15/h6,9,12-14H,3-5,7-8,10-11H2,1-2H3,(H,19,23). The van der Waals surface area contributed by atoms with Gasteiger partial charge in [-0.2, -0.15) is 5.10 Å². The molecule has 1 saturated heterocycles. The van der Waals surface area contributed by atoms with Gasteiger partial charge in [-0.05, 0) is 37.9 Å². The van der Waals surface area contributed by atoms with Gasteiger partial charge in [-0.1, -0.05) is 13.3 Å². The van der Waals surface area contributed by atoms with Crippen LogP contribution in [-0.4, -0.2) is 46.8 Å². The summed E-state index contributed by atoms with van der Waals surface area (Å²) in [6.45, 7) is 6.28. The maximum Gasteiger partial charge on any atom is 0.255 e. The van der Waals surface area contributed by atoms with Crippen LogP contribution in [0.3, 0.4) is 0 Å². The third-order valence-corrected chi connectivity index (χ3v) is 4.50. The van der Waals surface area contributed by atoms with Crippen LogP contribution in [0.2, 0.25) is 0 Å². The average molecular weight is 330 g/mol. The summed E-state index contributed by atoms with van der Waals surface area (Å²) in [7, 11) is 1.82. The highest BCUT2D eigenvalue weighted by Crippen LogP contribution is 2.22. The first-order valence-electron chi connectivity index (χ1n) is 8.70. The minimum absolute atomic E-state index is 0.0789. The Morgan fingerprint density at radius 3 is 2.88 bits per heavy atom. The van der Waals surface area contributed by atoms with Crippen molar-refractivity contribution in [1.29, 1.82) is 0 Å². The first-order chi connectivity index (χ1) is 11.6. The van der Waals surface area contributed by atoms with Gasteiger partial charge in [-0.15, -0.1) is 0 Å². The fourth-order valence-corrected chi connectivity index (χ4v) is 3.28. The molecule has 3 rings (SSSR count). The third kappa shape index (κ3) is 4.06. The van der Waals surface area contributed by atoms with Crippen molar-refractivity contribution in [2.75, 3.05) is 26.2 Å². The summed E-state index contributed by atoms with van der Waals surface area (Å²) < 4.78 is 6.77. The van der Waals surface area contributed by atoms with Crippen LogP contribution in [0, 0.1) is 5.92 Å². The number of carbonyl (C=O) groups is 1. The molecule has 1 amide bonds. The van der Waals surface area contributed by atoms with E-state index in [1.54, 1.807) is 23.4 Å². The molecule has 3 heterocycles. The zero-order chi connectivity index (χ0) is 16.9. The molecule has 0 radical (unpaired) electrons. The Hall–Kier alpha value is -2.08. The number of aromatic nitrogens is 2. The molecule has 1 atom stereocenters. The Bertz CT molecular complexity index is 657. The molecule has 0 saturated carbocycles. The van der Waals surface area contributed by atoms with Crippen LogP contribution in [0.1, 0.15) is 36.5 Å². The number of hydrogen-bond donors (Lipinski definition) is 1. The Morgan fingerprint density at radius 2 is 2.17 bits per heavy atom. The molecule has 1 N–H and O–H groups in total. The predicted molar refractivity (Wildman–Crippen MR) is 92.7 cm³/mol. The SMILES string of the molecule is CC(CNC(=O)c1cn(C)nc1-c1ccoc1)CN1CCCCC1. The molecule has 6 nitrogen and oxygen atoms in total. The normalized spacial score (nSPS) is 16.9. The number of piperidine rings is 1. The van der Waals surface area contributed by atoms with Gasteiger partial charge >= 0.3 is 0 Å². The summed E-state index contributed by atoms with van der Waals surface area (Å²) in [6, 6.07) is 1.82. The van der Waals surface area contributed by atoms with Crippen LogP contribution in [-0.2, 0) is 7.05 Å². The molecule has 0 aromatic carbocycles. The van der Waals surface area contributed by atoms with Gasteiger partial charge in [-0.3, -0.25) is 9.48 Å². The summed E-state index contributed by atoms with van der Waals surface area (Å²) in [5.74, 6) is 0.353. The first kappa shape index (κ1) is 16.8. The number of hydrogen-bond acceptors (Lipinski definition) is 4. The van der Waals surface area contributed by atoms with E-state index in [0.29, 0.717) is 23.7 Å². The monoisotopic (exact) mass is 330 g/mol. The predicted octanol–water partition coefficient (Wildman–Crippen LogP) is 2.53.